The Balaban J connectivity index is 2.08. The van der Waals surface area contributed by atoms with Crippen LogP contribution in [0.4, 0.5) is 18.9 Å². The molecule has 0 aliphatic rings. The minimum Gasteiger partial charge on any atom is -0.378 e. The standard InChI is InChI=1S/C14H14F3NS2/c1-10(11-6-7-19-8-11)18-12-4-2-3-5-13(12)20-9-14(15,16)17/h2-8,10,18H,9H2,1H3. The van der Waals surface area contributed by atoms with E-state index >= 15 is 0 Å². The number of anilines is 1. The van der Waals surface area contributed by atoms with E-state index in [-0.39, 0.29) is 6.04 Å². The van der Waals surface area contributed by atoms with Crippen molar-refractivity contribution >= 4 is 28.8 Å². The molecule has 0 amide bonds. The van der Waals surface area contributed by atoms with Gasteiger partial charge in [-0.25, -0.2) is 0 Å². The predicted molar refractivity (Wildman–Crippen MR) is 79.6 cm³/mol. The van der Waals surface area contributed by atoms with Crippen molar-refractivity contribution in [1.82, 2.24) is 0 Å². The number of para-hydroxylation sites is 1. The van der Waals surface area contributed by atoms with Crippen LogP contribution in [0.5, 0.6) is 0 Å². The predicted octanol–water partition coefficient (Wildman–Crippen LogP) is 5.58. The molecule has 20 heavy (non-hydrogen) atoms. The Morgan fingerprint density at radius 3 is 2.65 bits per heavy atom. The number of hydrogen-bond donors (Lipinski definition) is 1. The van der Waals surface area contributed by atoms with E-state index in [0.717, 1.165) is 23.0 Å². The Labute approximate surface area is 124 Å². The molecule has 0 fully saturated rings. The first-order chi connectivity index (χ1) is 9.46. The van der Waals surface area contributed by atoms with Gasteiger partial charge in [0.2, 0.25) is 0 Å². The van der Waals surface area contributed by atoms with E-state index in [9.17, 15) is 13.2 Å². The molecule has 1 aromatic carbocycles. The Kier molecular flexibility index (Phi) is 4.99. The van der Waals surface area contributed by atoms with Crippen LogP contribution in [-0.2, 0) is 0 Å². The van der Waals surface area contributed by atoms with Gasteiger partial charge in [-0.05, 0) is 41.4 Å². The van der Waals surface area contributed by atoms with Gasteiger partial charge in [0.1, 0.15) is 0 Å². The molecule has 1 N–H and O–H groups in total. The van der Waals surface area contributed by atoms with Gasteiger partial charge in [-0.15, -0.1) is 11.8 Å². The molecule has 108 valence electrons. The summed E-state index contributed by atoms with van der Waals surface area (Å²) in [5.41, 5.74) is 1.87. The summed E-state index contributed by atoms with van der Waals surface area (Å²) in [7, 11) is 0. The quantitative estimate of drug-likeness (QED) is 0.723. The first kappa shape index (κ1) is 15.3. The van der Waals surface area contributed by atoms with Crippen LogP contribution in [0.1, 0.15) is 18.5 Å². The number of rotatable bonds is 5. The molecule has 2 rings (SSSR count). The summed E-state index contributed by atoms with van der Waals surface area (Å²) < 4.78 is 37.0. The smallest absolute Gasteiger partial charge is 0.378 e. The number of nitrogens with one attached hydrogen (secondary N) is 1. The van der Waals surface area contributed by atoms with Crippen molar-refractivity contribution in [3.8, 4) is 0 Å². The van der Waals surface area contributed by atoms with Gasteiger partial charge in [0, 0.05) is 16.6 Å². The lowest BCUT2D eigenvalue weighted by atomic mass is 10.1. The molecule has 1 nitrogen and oxygen atoms in total. The van der Waals surface area contributed by atoms with Crippen LogP contribution >= 0.6 is 23.1 Å². The van der Waals surface area contributed by atoms with Crippen LogP contribution in [0.15, 0.2) is 46.0 Å². The first-order valence-corrected chi connectivity index (χ1v) is 7.96. The average molecular weight is 317 g/mol. The number of alkyl halides is 3. The molecule has 0 bridgehead atoms. The Morgan fingerprint density at radius 1 is 1.25 bits per heavy atom. The zero-order chi connectivity index (χ0) is 14.6. The van der Waals surface area contributed by atoms with Crippen LogP contribution in [0.3, 0.4) is 0 Å². The van der Waals surface area contributed by atoms with Crippen molar-refractivity contribution in [2.75, 3.05) is 11.1 Å². The van der Waals surface area contributed by atoms with Gasteiger partial charge in [0.15, 0.2) is 0 Å². The van der Waals surface area contributed by atoms with Gasteiger partial charge in [0.05, 0.1) is 5.75 Å². The lowest BCUT2D eigenvalue weighted by molar-refractivity contribution is -0.105. The molecule has 6 heteroatoms. The van der Waals surface area contributed by atoms with Crippen LogP contribution in [0, 0.1) is 0 Å². The molecular formula is C14H14F3NS2. The second-order valence-corrected chi connectivity index (χ2v) is 6.12. The lowest BCUT2D eigenvalue weighted by Gasteiger charge is -2.17. The normalized spacial score (nSPS) is 13.2. The molecule has 0 aliphatic heterocycles. The van der Waals surface area contributed by atoms with Crippen molar-refractivity contribution in [3.63, 3.8) is 0 Å². The second kappa shape index (κ2) is 6.54. The molecule has 1 atom stereocenters. The van der Waals surface area contributed by atoms with Gasteiger partial charge in [-0.2, -0.15) is 24.5 Å². The molecule has 1 unspecified atom stereocenters. The van der Waals surface area contributed by atoms with E-state index in [1.807, 2.05) is 35.9 Å². The molecule has 0 saturated heterocycles. The molecule has 0 radical (unpaired) electrons. The van der Waals surface area contributed by atoms with E-state index in [0.29, 0.717) is 4.90 Å². The molecule has 2 aromatic rings. The van der Waals surface area contributed by atoms with Gasteiger partial charge in [-0.3, -0.25) is 0 Å². The van der Waals surface area contributed by atoms with Gasteiger partial charge in [-0.1, -0.05) is 12.1 Å². The highest BCUT2D eigenvalue weighted by molar-refractivity contribution is 7.99. The van der Waals surface area contributed by atoms with E-state index in [2.05, 4.69) is 5.32 Å². The third-order valence-corrected chi connectivity index (χ3v) is 4.53. The topological polar surface area (TPSA) is 12.0 Å². The summed E-state index contributed by atoms with van der Waals surface area (Å²) in [6.07, 6.45) is -4.16. The maximum Gasteiger partial charge on any atom is 0.398 e. The fourth-order valence-electron chi connectivity index (χ4n) is 1.71. The highest BCUT2D eigenvalue weighted by Crippen LogP contribution is 2.33. The average Bonchev–Trinajstić information content (AvgIpc) is 2.90. The van der Waals surface area contributed by atoms with Crippen molar-refractivity contribution in [3.05, 3.63) is 46.7 Å². The summed E-state index contributed by atoms with van der Waals surface area (Å²) in [5.74, 6) is -0.876. The minimum absolute atomic E-state index is 0.0638. The molecule has 0 aliphatic carbocycles. The largest absolute Gasteiger partial charge is 0.398 e. The summed E-state index contributed by atoms with van der Waals surface area (Å²) in [6, 6.07) is 9.15. The number of halogens is 3. The van der Waals surface area contributed by atoms with Crippen molar-refractivity contribution in [2.24, 2.45) is 0 Å². The maximum atomic E-state index is 12.3. The highest BCUT2D eigenvalue weighted by atomic mass is 32.2. The zero-order valence-electron chi connectivity index (χ0n) is 10.8. The lowest BCUT2D eigenvalue weighted by Crippen LogP contribution is -2.11. The van der Waals surface area contributed by atoms with E-state index < -0.39 is 11.9 Å². The first-order valence-electron chi connectivity index (χ1n) is 6.03. The van der Waals surface area contributed by atoms with Crippen LogP contribution in [0.2, 0.25) is 0 Å². The monoisotopic (exact) mass is 317 g/mol. The molecule has 1 aromatic heterocycles. The number of thiophene rings is 1. The minimum atomic E-state index is -4.16. The van der Waals surface area contributed by atoms with E-state index in [4.69, 9.17) is 0 Å². The van der Waals surface area contributed by atoms with Crippen LogP contribution in [-0.4, -0.2) is 11.9 Å². The number of benzene rings is 1. The molecular weight excluding hydrogens is 303 g/mol. The van der Waals surface area contributed by atoms with Gasteiger partial charge in [0.25, 0.3) is 0 Å². The number of thioether (sulfide) groups is 1. The third-order valence-electron chi connectivity index (χ3n) is 2.69. The summed E-state index contributed by atoms with van der Waals surface area (Å²) >= 11 is 2.41. The Bertz CT molecular complexity index is 538. The highest BCUT2D eigenvalue weighted by Gasteiger charge is 2.27. The van der Waals surface area contributed by atoms with Crippen LogP contribution in [0.25, 0.3) is 0 Å². The molecule has 0 saturated carbocycles. The fourth-order valence-corrected chi connectivity index (χ4v) is 3.24. The Morgan fingerprint density at radius 2 is 2.00 bits per heavy atom. The number of hydrogen-bond acceptors (Lipinski definition) is 3. The van der Waals surface area contributed by atoms with Crippen molar-refractivity contribution in [2.45, 2.75) is 24.0 Å². The third kappa shape index (κ3) is 4.45. The summed E-state index contributed by atoms with van der Waals surface area (Å²) in [4.78, 5) is 0.618. The SMILES string of the molecule is CC(Nc1ccccc1SCC(F)(F)F)c1ccsc1. The van der Waals surface area contributed by atoms with E-state index in [1.54, 1.807) is 23.5 Å². The van der Waals surface area contributed by atoms with Gasteiger partial charge >= 0.3 is 6.18 Å². The van der Waals surface area contributed by atoms with Crippen molar-refractivity contribution < 1.29 is 13.2 Å². The van der Waals surface area contributed by atoms with Gasteiger partial charge < -0.3 is 5.32 Å². The summed E-state index contributed by atoms with van der Waals surface area (Å²) in [5, 5.41) is 7.28. The summed E-state index contributed by atoms with van der Waals surface area (Å²) in [6.45, 7) is 1.99. The Hall–Kier alpha value is -1.14. The zero-order valence-corrected chi connectivity index (χ0v) is 12.4. The molecule has 0 spiro atoms. The maximum absolute atomic E-state index is 12.3. The fraction of sp³-hybridized carbons (Fsp3) is 0.286. The van der Waals surface area contributed by atoms with Crippen molar-refractivity contribution in [1.29, 1.82) is 0 Å². The second-order valence-electron chi connectivity index (χ2n) is 4.32. The van der Waals surface area contributed by atoms with E-state index in [1.165, 1.54) is 0 Å². The molecule has 1 heterocycles. The van der Waals surface area contributed by atoms with Crippen LogP contribution < -0.4 is 5.32 Å².